The summed E-state index contributed by atoms with van der Waals surface area (Å²) in [7, 11) is 0. The SMILES string of the molecule is CCCCOC(=O)NCc1cccc(-c2nc3ccc(C(=O)NCCCn4ccnc4)cc3nc2-c2ccccc2)c1. The first-order chi connectivity index (χ1) is 20.6. The normalized spacial score (nSPS) is 10.9. The number of unbranched alkanes of at least 4 members (excludes halogenated alkanes) is 1. The first kappa shape index (κ1) is 28.5. The maximum atomic E-state index is 12.9. The molecule has 5 rings (SSSR count). The summed E-state index contributed by atoms with van der Waals surface area (Å²) >= 11 is 0. The van der Waals surface area contributed by atoms with Crippen molar-refractivity contribution in [1.29, 1.82) is 0 Å². The average molecular weight is 563 g/mol. The fraction of sp³-hybridized carbons (Fsp3) is 0.242. The van der Waals surface area contributed by atoms with Gasteiger partial charge in [-0.05, 0) is 42.7 Å². The minimum atomic E-state index is -0.428. The molecule has 5 aromatic rings. The van der Waals surface area contributed by atoms with E-state index in [2.05, 4.69) is 22.5 Å². The Bertz CT molecular complexity index is 1640. The number of amides is 2. The molecule has 9 nitrogen and oxygen atoms in total. The molecule has 2 amide bonds. The number of imidazole rings is 1. The summed E-state index contributed by atoms with van der Waals surface area (Å²) in [5.74, 6) is -0.150. The molecule has 0 atom stereocenters. The standard InChI is InChI=1S/C33H34N6O3/c1-2-3-19-42-33(41)36-22-24-9-7-12-26(20-24)31-30(25-10-5-4-6-11-25)38-29-21-27(13-14-28(29)37-31)32(40)35-15-8-17-39-18-16-34-23-39/h4-7,9-14,16,18,20-21,23H,2-3,8,15,17,19,22H2,1H3,(H,35,40)(H,36,41). The minimum absolute atomic E-state index is 0.150. The van der Waals surface area contributed by atoms with E-state index in [1.807, 2.05) is 71.4 Å². The van der Waals surface area contributed by atoms with Crippen LogP contribution in [0.3, 0.4) is 0 Å². The zero-order valence-corrected chi connectivity index (χ0v) is 23.6. The lowest BCUT2D eigenvalue weighted by Gasteiger charge is -2.13. The number of aryl methyl sites for hydroxylation is 1. The topological polar surface area (TPSA) is 111 Å². The smallest absolute Gasteiger partial charge is 0.407 e. The quantitative estimate of drug-likeness (QED) is 0.180. The van der Waals surface area contributed by atoms with E-state index in [0.29, 0.717) is 42.0 Å². The summed E-state index contributed by atoms with van der Waals surface area (Å²) in [5, 5.41) is 5.81. The second kappa shape index (κ2) is 14.0. The van der Waals surface area contributed by atoms with Crippen LogP contribution in [0.25, 0.3) is 33.5 Å². The van der Waals surface area contributed by atoms with Crippen LogP contribution < -0.4 is 10.6 Å². The predicted molar refractivity (Wildman–Crippen MR) is 163 cm³/mol. The fourth-order valence-electron chi connectivity index (χ4n) is 4.54. The third-order valence-electron chi connectivity index (χ3n) is 6.78. The lowest BCUT2D eigenvalue weighted by atomic mass is 10.0. The molecule has 0 radical (unpaired) electrons. The zero-order chi connectivity index (χ0) is 29.1. The van der Waals surface area contributed by atoms with Gasteiger partial charge in [0.1, 0.15) is 0 Å². The van der Waals surface area contributed by atoms with Gasteiger partial charge in [0, 0.05) is 48.7 Å². The predicted octanol–water partition coefficient (Wildman–Crippen LogP) is 6.01. The largest absolute Gasteiger partial charge is 0.450 e. The Balaban J connectivity index is 1.37. The van der Waals surface area contributed by atoms with Crippen molar-refractivity contribution >= 4 is 23.0 Å². The lowest BCUT2D eigenvalue weighted by molar-refractivity contribution is 0.0952. The Kier molecular flexibility index (Phi) is 9.51. The van der Waals surface area contributed by atoms with E-state index >= 15 is 0 Å². The molecule has 0 fully saturated rings. The molecule has 0 saturated carbocycles. The number of hydrogen-bond acceptors (Lipinski definition) is 6. The summed E-state index contributed by atoms with van der Waals surface area (Å²) < 4.78 is 7.19. The second-order valence-corrected chi connectivity index (χ2v) is 9.94. The first-order valence-electron chi connectivity index (χ1n) is 14.2. The van der Waals surface area contributed by atoms with Crippen LogP contribution in [0, 0.1) is 0 Å². The van der Waals surface area contributed by atoms with Crippen LogP contribution in [0.2, 0.25) is 0 Å². The van der Waals surface area contributed by atoms with Crippen molar-refractivity contribution in [3.8, 4) is 22.5 Å². The number of aromatic nitrogens is 4. The van der Waals surface area contributed by atoms with Gasteiger partial charge >= 0.3 is 6.09 Å². The molecule has 0 aliphatic carbocycles. The van der Waals surface area contributed by atoms with Crippen LogP contribution in [0.5, 0.6) is 0 Å². The van der Waals surface area contributed by atoms with Crippen molar-refractivity contribution in [3.05, 3.63) is 103 Å². The molecular formula is C33H34N6O3. The Labute approximate surface area is 245 Å². The molecule has 0 aliphatic heterocycles. The number of nitrogens with one attached hydrogen (secondary N) is 2. The molecule has 0 unspecified atom stereocenters. The van der Waals surface area contributed by atoms with Crippen LogP contribution in [0.4, 0.5) is 4.79 Å². The van der Waals surface area contributed by atoms with Crippen molar-refractivity contribution in [1.82, 2.24) is 30.2 Å². The Morgan fingerprint density at radius 1 is 0.857 bits per heavy atom. The Hall–Kier alpha value is -5.05. The van der Waals surface area contributed by atoms with E-state index in [1.54, 1.807) is 24.7 Å². The molecule has 2 heterocycles. The fourth-order valence-corrected chi connectivity index (χ4v) is 4.54. The summed E-state index contributed by atoms with van der Waals surface area (Å²) in [6.45, 7) is 4.13. The van der Waals surface area contributed by atoms with Crippen molar-refractivity contribution in [2.24, 2.45) is 0 Å². The monoisotopic (exact) mass is 562 g/mol. The van der Waals surface area contributed by atoms with Gasteiger partial charge in [0.25, 0.3) is 5.91 Å². The molecule has 214 valence electrons. The van der Waals surface area contributed by atoms with Crippen LogP contribution in [-0.4, -0.2) is 44.7 Å². The Morgan fingerprint density at radius 2 is 1.67 bits per heavy atom. The molecule has 2 N–H and O–H groups in total. The van der Waals surface area contributed by atoms with Gasteiger partial charge in [-0.1, -0.05) is 61.9 Å². The van der Waals surface area contributed by atoms with Gasteiger partial charge in [0.15, 0.2) is 0 Å². The number of nitrogens with zero attached hydrogens (tertiary/aromatic N) is 4. The van der Waals surface area contributed by atoms with Gasteiger partial charge in [-0.2, -0.15) is 0 Å². The van der Waals surface area contributed by atoms with E-state index in [1.165, 1.54) is 0 Å². The van der Waals surface area contributed by atoms with Crippen molar-refractivity contribution < 1.29 is 14.3 Å². The van der Waals surface area contributed by atoms with Crippen LogP contribution in [-0.2, 0) is 17.8 Å². The maximum absolute atomic E-state index is 12.9. The van der Waals surface area contributed by atoms with Crippen LogP contribution in [0.15, 0.2) is 91.5 Å². The molecule has 42 heavy (non-hydrogen) atoms. The molecule has 9 heteroatoms. The van der Waals surface area contributed by atoms with E-state index in [0.717, 1.165) is 48.2 Å². The zero-order valence-electron chi connectivity index (χ0n) is 23.6. The highest BCUT2D eigenvalue weighted by Crippen LogP contribution is 2.31. The average Bonchev–Trinajstić information content (AvgIpc) is 3.55. The van der Waals surface area contributed by atoms with Crippen LogP contribution in [0.1, 0.15) is 42.1 Å². The molecule has 2 aromatic heterocycles. The highest BCUT2D eigenvalue weighted by Gasteiger charge is 2.15. The number of benzene rings is 3. The molecule has 3 aromatic carbocycles. The van der Waals surface area contributed by atoms with E-state index < -0.39 is 6.09 Å². The van der Waals surface area contributed by atoms with Gasteiger partial charge < -0.3 is 19.9 Å². The summed E-state index contributed by atoms with van der Waals surface area (Å²) in [4.78, 5) is 39.0. The van der Waals surface area contributed by atoms with E-state index in [4.69, 9.17) is 14.7 Å². The van der Waals surface area contributed by atoms with Gasteiger partial charge in [-0.25, -0.2) is 19.7 Å². The first-order valence-corrected chi connectivity index (χ1v) is 14.2. The van der Waals surface area contributed by atoms with Crippen molar-refractivity contribution in [2.75, 3.05) is 13.2 Å². The van der Waals surface area contributed by atoms with Gasteiger partial charge in [-0.15, -0.1) is 0 Å². The highest BCUT2D eigenvalue weighted by molar-refractivity contribution is 5.98. The molecule has 0 spiro atoms. The Morgan fingerprint density at radius 3 is 2.48 bits per heavy atom. The number of carbonyl (C=O) groups is 2. The minimum Gasteiger partial charge on any atom is -0.450 e. The van der Waals surface area contributed by atoms with E-state index in [9.17, 15) is 9.59 Å². The summed E-state index contributed by atoms with van der Waals surface area (Å²) in [6.07, 6.45) is 7.58. The number of rotatable bonds is 12. The highest BCUT2D eigenvalue weighted by atomic mass is 16.5. The summed E-state index contributed by atoms with van der Waals surface area (Å²) in [6, 6.07) is 23.1. The number of carbonyl (C=O) groups excluding carboxylic acids is 2. The molecule has 0 saturated heterocycles. The van der Waals surface area contributed by atoms with Gasteiger partial charge in [0.2, 0.25) is 0 Å². The maximum Gasteiger partial charge on any atom is 0.407 e. The number of fused-ring (bicyclic) bond motifs is 1. The van der Waals surface area contributed by atoms with Crippen molar-refractivity contribution in [3.63, 3.8) is 0 Å². The molecule has 0 aliphatic rings. The third-order valence-corrected chi connectivity index (χ3v) is 6.78. The molecular weight excluding hydrogens is 528 g/mol. The second-order valence-electron chi connectivity index (χ2n) is 9.94. The molecule has 0 bridgehead atoms. The third kappa shape index (κ3) is 7.37. The van der Waals surface area contributed by atoms with Crippen molar-refractivity contribution in [2.45, 2.75) is 39.3 Å². The van der Waals surface area contributed by atoms with Crippen LogP contribution >= 0.6 is 0 Å². The number of hydrogen-bond donors (Lipinski definition) is 2. The number of ether oxygens (including phenoxy) is 1. The van der Waals surface area contributed by atoms with E-state index in [-0.39, 0.29) is 5.91 Å². The number of alkyl carbamates (subject to hydrolysis) is 1. The lowest BCUT2D eigenvalue weighted by Crippen LogP contribution is -2.25. The summed E-state index contributed by atoms with van der Waals surface area (Å²) in [5.41, 5.74) is 6.00. The van der Waals surface area contributed by atoms with Gasteiger partial charge in [0.05, 0.1) is 35.4 Å². The van der Waals surface area contributed by atoms with Gasteiger partial charge in [-0.3, -0.25) is 4.79 Å².